The topological polar surface area (TPSA) is 65.1 Å². The lowest BCUT2D eigenvalue weighted by Crippen LogP contribution is -2.41. The van der Waals surface area contributed by atoms with Crippen LogP contribution in [0, 0.1) is 6.92 Å². The van der Waals surface area contributed by atoms with Gasteiger partial charge in [0.1, 0.15) is 5.75 Å². The Labute approximate surface area is 192 Å². The first-order chi connectivity index (χ1) is 15.4. The van der Waals surface area contributed by atoms with E-state index < -0.39 is 5.92 Å². The van der Waals surface area contributed by atoms with Crippen LogP contribution in [0.25, 0.3) is 0 Å². The van der Waals surface area contributed by atoms with E-state index in [1.807, 2.05) is 19.1 Å². The third kappa shape index (κ3) is 3.73. The first-order valence-electron chi connectivity index (χ1n) is 10.5. The van der Waals surface area contributed by atoms with E-state index in [1.54, 1.807) is 44.4 Å². The van der Waals surface area contributed by atoms with Crippen molar-refractivity contribution < 1.29 is 23.8 Å². The van der Waals surface area contributed by atoms with Crippen LogP contribution in [0.1, 0.15) is 42.7 Å². The van der Waals surface area contributed by atoms with Crippen molar-refractivity contribution in [2.75, 3.05) is 26.2 Å². The molecule has 1 heterocycles. The minimum absolute atomic E-state index is 0.0604. The number of benzene rings is 2. The van der Waals surface area contributed by atoms with Gasteiger partial charge in [0.2, 0.25) is 5.91 Å². The van der Waals surface area contributed by atoms with Crippen LogP contribution in [0.5, 0.6) is 17.2 Å². The molecule has 1 aliphatic carbocycles. The van der Waals surface area contributed by atoms with Crippen molar-refractivity contribution in [3.8, 4) is 17.2 Å². The fraction of sp³-hybridized carbons (Fsp3) is 0.360. The number of halogens is 1. The van der Waals surface area contributed by atoms with Gasteiger partial charge >= 0.3 is 0 Å². The molecule has 0 saturated carbocycles. The van der Waals surface area contributed by atoms with E-state index in [2.05, 4.69) is 0 Å². The molecule has 1 atom stereocenters. The van der Waals surface area contributed by atoms with Gasteiger partial charge in [0, 0.05) is 46.7 Å². The summed E-state index contributed by atoms with van der Waals surface area (Å²) >= 11 is 6.25. The largest absolute Gasteiger partial charge is 0.496 e. The highest BCUT2D eigenvalue weighted by molar-refractivity contribution is 6.31. The number of ether oxygens (including phenoxy) is 3. The lowest BCUT2D eigenvalue weighted by atomic mass is 9.76. The van der Waals surface area contributed by atoms with Crippen LogP contribution < -0.4 is 19.1 Å². The van der Waals surface area contributed by atoms with Crippen molar-refractivity contribution in [3.05, 3.63) is 57.8 Å². The van der Waals surface area contributed by atoms with E-state index in [9.17, 15) is 9.59 Å². The van der Waals surface area contributed by atoms with Crippen LogP contribution in [0.3, 0.4) is 0 Å². The Bertz CT molecular complexity index is 1120. The number of carbonyl (C=O) groups is 2. The molecule has 2 aliphatic rings. The number of aryl methyl sites for hydroxylation is 1. The molecular formula is C25H26ClNO5. The summed E-state index contributed by atoms with van der Waals surface area (Å²) in [5.74, 6) is 1.16. The molecular weight excluding hydrogens is 430 g/mol. The number of hydrogen-bond donors (Lipinski definition) is 0. The van der Waals surface area contributed by atoms with Gasteiger partial charge in [-0.1, -0.05) is 17.7 Å². The van der Waals surface area contributed by atoms with Crippen molar-refractivity contribution in [1.29, 1.82) is 0 Å². The zero-order valence-corrected chi connectivity index (χ0v) is 19.4. The lowest BCUT2D eigenvalue weighted by molar-refractivity contribution is -0.119. The van der Waals surface area contributed by atoms with Crippen LogP contribution in [-0.4, -0.2) is 33.0 Å². The molecule has 2 aromatic rings. The van der Waals surface area contributed by atoms with E-state index >= 15 is 0 Å². The van der Waals surface area contributed by atoms with Crippen molar-refractivity contribution in [1.82, 2.24) is 0 Å². The molecule has 0 N–H and O–H groups in total. The van der Waals surface area contributed by atoms with Gasteiger partial charge in [-0.05, 0) is 43.5 Å². The fourth-order valence-corrected chi connectivity index (χ4v) is 4.85. The van der Waals surface area contributed by atoms with Crippen LogP contribution in [-0.2, 0) is 9.59 Å². The maximum atomic E-state index is 13.5. The minimum Gasteiger partial charge on any atom is -0.496 e. The van der Waals surface area contributed by atoms with Crippen LogP contribution in [0.15, 0.2) is 41.6 Å². The van der Waals surface area contributed by atoms with E-state index in [0.717, 1.165) is 22.5 Å². The summed E-state index contributed by atoms with van der Waals surface area (Å²) in [5.41, 5.74) is 3.81. The van der Waals surface area contributed by atoms with E-state index in [0.29, 0.717) is 47.1 Å². The normalized spacial score (nSPS) is 18.5. The smallest absolute Gasteiger partial charge is 0.232 e. The second-order valence-corrected chi connectivity index (χ2v) is 8.44. The van der Waals surface area contributed by atoms with Crippen molar-refractivity contribution in [2.24, 2.45) is 0 Å². The first-order valence-corrected chi connectivity index (χ1v) is 10.9. The quantitative estimate of drug-likeness (QED) is 0.619. The van der Waals surface area contributed by atoms with Gasteiger partial charge in [0.15, 0.2) is 17.3 Å². The van der Waals surface area contributed by atoms with Crippen molar-refractivity contribution >= 4 is 29.0 Å². The summed E-state index contributed by atoms with van der Waals surface area (Å²) in [4.78, 5) is 28.4. The summed E-state index contributed by atoms with van der Waals surface area (Å²) in [6, 6.07) is 9.02. The standard InChI is InChI=1S/C25H26ClNO5/c1-14-8-9-15(26)10-19(14)27-18-6-5-7-20(28)25(18)17(12-24(27)29)16-11-22(31-3)23(32-4)13-21(16)30-2/h8-11,13,17H,5-7,12H2,1-4H3. The van der Waals surface area contributed by atoms with Gasteiger partial charge in [0.05, 0.1) is 27.0 Å². The average Bonchev–Trinajstić information content (AvgIpc) is 2.79. The van der Waals surface area contributed by atoms with E-state index in [4.69, 9.17) is 25.8 Å². The molecule has 0 saturated heterocycles. The average molecular weight is 456 g/mol. The highest BCUT2D eigenvalue weighted by Crippen LogP contribution is 2.48. The molecule has 0 spiro atoms. The second-order valence-electron chi connectivity index (χ2n) is 8.00. The zero-order valence-electron chi connectivity index (χ0n) is 18.7. The SMILES string of the molecule is COc1cc(OC)c(C2CC(=O)N(c3cc(Cl)ccc3C)C3=C2C(=O)CCC3)cc1OC. The summed E-state index contributed by atoms with van der Waals surface area (Å²) in [6.45, 7) is 1.94. The number of carbonyl (C=O) groups excluding carboxylic acids is 2. The number of hydrogen-bond acceptors (Lipinski definition) is 5. The highest BCUT2D eigenvalue weighted by Gasteiger charge is 2.41. The summed E-state index contributed by atoms with van der Waals surface area (Å²) in [7, 11) is 4.67. The molecule has 4 rings (SSSR count). The van der Waals surface area contributed by atoms with Crippen LogP contribution >= 0.6 is 11.6 Å². The first kappa shape index (κ1) is 22.2. The summed E-state index contributed by atoms with van der Waals surface area (Å²) in [5, 5.41) is 0.548. The summed E-state index contributed by atoms with van der Waals surface area (Å²) < 4.78 is 16.5. The van der Waals surface area contributed by atoms with E-state index in [-0.39, 0.29) is 18.1 Å². The minimum atomic E-state index is -0.421. The molecule has 0 bridgehead atoms. The monoisotopic (exact) mass is 455 g/mol. The Morgan fingerprint density at radius 2 is 1.62 bits per heavy atom. The molecule has 2 aromatic carbocycles. The molecule has 1 aliphatic heterocycles. The van der Waals surface area contributed by atoms with Gasteiger partial charge in [-0.15, -0.1) is 0 Å². The molecule has 0 fully saturated rings. The predicted molar refractivity (Wildman–Crippen MR) is 123 cm³/mol. The number of anilines is 1. The number of nitrogens with zero attached hydrogens (tertiary/aromatic N) is 1. The number of allylic oxidation sites excluding steroid dienone is 2. The third-order valence-electron chi connectivity index (χ3n) is 6.20. The Balaban J connectivity index is 1.92. The number of rotatable bonds is 5. The van der Waals surface area contributed by atoms with Crippen LogP contribution in [0.2, 0.25) is 5.02 Å². The zero-order chi connectivity index (χ0) is 23.0. The number of ketones is 1. The van der Waals surface area contributed by atoms with Gasteiger partial charge in [-0.25, -0.2) is 0 Å². The van der Waals surface area contributed by atoms with Gasteiger partial charge in [-0.3, -0.25) is 14.5 Å². The summed E-state index contributed by atoms with van der Waals surface area (Å²) in [6.07, 6.45) is 1.95. The number of methoxy groups -OCH3 is 3. The molecule has 0 aromatic heterocycles. The third-order valence-corrected chi connectivity index (χ3v) is 6.43. The van der Waals surface area contributed by atoms with Crippen LogP contribution in [0.4, 0.5) is 5.69 Å². The molecule has 7 heteroatoms. The van der Waals surface area contributed by atoms with Gasteiger partial charge in [0.25, 0.3) is 0 Å². The molecule has 168 valence electrons. The molecule has 6 nitrogen and oxygen atoms in total. The molecule has 0 radical (unpaired) electrons. The lowest BCUT2D eigenvalue weighted by Gasteiger charge is -2.39. The maximum Gasteiger partial charge on any atom is 0.232 e. The Hall–Kier alpha value is -2.99. The second kappa shape index (κ2) is 8.87. The predicted octanol–water partition coefficient (Wildman–Crippen LogP) is 5.20. The molecule has 32 heavy (non-hydrogen) atoms. The molecule has 1 amide bonds. The number of Topliss-reactive ketones (excluding diaryl/α,β-unsaturated/α-hetero) is 1. The number of amides is 1. The van der Waals surface area contributed by atoms with Gasteiger partial charge in [-0.2, -0.15) is 0 Å². The Morgan fingerprint density at radius 3 is 2.31 bits per heavy atom. The highest BCUT2D eigenvalue weighted by atomic mass is 35.5. The molecule has 1 unspecified atom stereocenters. The fourth-order valence-electron chi connectivity index (χ4n) is 4.69. The maximum absolute atomic E-state index is 13.5. The van der Waals surface area contributed by atoms with Crippen molar-refractivity contribution in [2.45, 2.75) is 38.5 Å². The van der Waals surface area contributed by atoms with Crippen molar-refractivity contribution in [3.63, 3.8) is 0 Å². The Morgan fingerprint density at radius 1 is 0.938 bits per heavy atom. The Kier molecular flexibility index (Phi) is 6.15. The van der Waals surface area contributed by atoms with Gasteiger partial charge < -0.3 is 14.2 Å². The van der Waals surface area contributed by atoms with E-state index in [1.165, 1.54) is 0 Å².